The van der Waals surface area contributed by atoms with Crippen LogP contribution in [-0.4, -0.2) is 23.9 Å². The fourth-order valence-corrected chi connectivity index (χ4v) is 1.77. The third kappa shape index (κ3) is 4.67. The maximum atomic E-state index is 11.2. The van der Waals surface area contributed by atoms with E-state index >= 15 is 0 Å². The molecule has 0 aromatic heterocycles. The van der Waals surface area contributed by atoms with Crippen LogP contribution in [0, 0.1) is 17.0 Å². The highest BCUT2D eigenvalue weighted by Gasteiger charge is 2.12. The van der Waals surface area contributed by atoms with E-state index in [9.17, 15) is 14.9 Å². The highest BCUT2D eigenvalue weighted by Crippen LogP contribution is 2.20. The molecule has 6 heteroatoms. The molecule has 104 valence electrons. The molecule has 0 radical (unpaired) electrons. The molecule has 1 aromatic carbocycles. The summed E-state index contributed by atoms with van der Waals surface area (Å²) in [5.41, 5.74) is 1.67. The predicted octanol–water partition coefficient (Wildman–Crippen LogP) is 1.52. The van der Waals surface area contributed by atoms with Gasteiger partial charge in [-0.3, -0.25) is 14.9 Å². The van der Waals surface area contributed by atoms with Gasteiger partial charge in [0.1, 0.15) is 0 Å². The van der Waals surface area contributed by atoms with Crippen molar-refractivity contribution in [2.45, 2.75) is 26.8 Å². The number of benzene rings is 1. The lowest BCUT2D eigenvalue weighted by molar-refractivity contribution is -0.385. The zero-order valence-electron chi connectivity index (χ0n) is 11.2. The second-order valence-electron chi connectivity index (χ2n) is 4.20. The molecule has 0 unspecified atom stereocenters. The van der Waals surface area contributed by atoms with Gasteiger partial charge < -0.3 is 10.6 Å². The van der Waals surface area contributed by atoms with E-state index in [0.29, 0.717) is 31.6 Å². The van der Waals surface area contributed by atoms with Crippen molar-refractivity contribution in [3.8, 4) is 0 Å². The van der Waals surface area contributed by atoms with Gasteiger partial charge in [-0.1, -0.05) is 12.1 Å². The molecular weight excluding hydrogens is 246 g/mol. The van der Waals surface area contributed by atoms with Crippen LogP contribution in [0.3, 0.4) is 0 Å². The van der Waals surface area contributed by atoms with Crippen LogP contribution in [-0.2, 0) is 11.3 Å². The van der Waals surface area contributed by atoms with Gasteiger partial charge in [-0.15, -0.1) is 0 Å². The Bertz CT molecular complexity index is 460. The number of rotatable bonds is 7. The lowest BCUT2D eigenvalue weighted by Crippen LogP contribution is -2.27. The van der Waals surface area contributed by atoms with Crippen LogP contribution >= 0.6 is 0 Å². The minimum absolute atomic E-state index is 0.00534. The van der Waals surface area contributed by atoms with Crippen molar-refractivity contribution >= 4 is 11.6 Å². The van der Waals surface area contributed by atoms with Crippen LogP contribution in [0.1, 0.15) is 24.5 Å². The van der Waals surface area contributed by atoms with Gasteiger partial charge in [0, 0.05) is 37.7 Å². The van der Waals surface area contributed by atoms with Crippen LogP contribution in [0.25, 0.3) is 0 Å². The molecule has 0 saturated heterocycles. The Morgan fingerprint density at radius 2 is 2.16 bits per heavy atom. The van der Waals surface area contributed by atoms with Crippen LogP contribution < -0.4 is 10.6 Å². The first-order valence-electron chi connectivity index (χ1n) is 6.26. The number of nitrogens with one attached hydrogen (secondary N) is 2. The lowest BCUT2D eigenvalue weighted by atomic mass is 10.1. The molecule has 0 spiro atoms. The summed E-state index contributed by atoms with van der Waals surface area (Å²) >= 11 is 0. The number of amides is 1. The lowest BCUT2D eigenvalue weighted by Gasteiger charge is -2.08. The van der Waals surface area contributed by atoms with Crippen molar-refractivity contribution in [3.05, 3.63) is 39.4 Å². The fourth-order valence-electron chi connectivity index (χ4n) is 1.77. The highest BCUT2D eigenvalue weighted by atomic mass is 16.6. The van der Waals surface area contributed by atoms with Crippen molar-refractivity contribution in [1.29, 1.82) is 0 Å². The van der Waals surface area contributed by atoms with Crippen LogP contribution in [0.5, 0.6) is 0 Å². The number of hydrogen-bond donors (Lipinski definition) is 2. The Kier molecular flexibility index (Phi) is 5.95. The minimum atomic E-state index is -0.381. The minimum Gasteiger partial charge on any atom is -0.356 e. The molecule has 0 saturated carbocycles. The quantitative estimate of drug-likeness (QED) is 0.445. The van der Waals surface area contributed by atoms with E-state index in [1.54, 1.807) is 13.0 Å². The topological polar surface area (TPSA) is 84.3 Å². The average molecular weight is 265 g/mol. The summed E-state index contributed by atoms with van der Waals surface area (Å²) in [5.74, 6) is 0.00534. The monoisotopic (exact) mass is 265 g/mol. The normalized spacial score (nSPS) is 10.2. The van der Waals surface area contributed by atoms with Crippen molar-refractivity contribution in [1.82, 2.24) is 10.6 Å². The third-order valence-electron chi connectivity index (χ3n) is 2.83. The Hall–Kier alpha value is -1.95. The van der Waals surface area contributed by atoms with E-state index in [0.717, 1.165) is 5.56 Å². The number of carbonyl (C=O) groups excluding carboxylic acids is 1. The number of hydrogen-bond acceptors (Lipinski definition) is 4. The Morgan fingerprint density at radius 1 is 1.42 bits per heavy atom. The molecule has 0 bridgehead atoms. The fraction of sp³-hybridized carbons (Fsp3) is 0.462. The molecule has 0 heterocycles. The van der Waals surface area contributed by atoms with E-state index in [-0.39, 0.29) is 16.5 Å². The second-order valence-corrected chi connectivity index (χ2v) is 4.20. The number of nitro groups is 1. The first-order valence-corrected chi connectivity index (χ1v) is 6.26. The van der Waals surface area contributed by atoms with Gasteiger partial charge >= 0.3 is 0 Å². The Morgan fingerprint density at radius 3 is 2.79 bits per heavy atom. The summed E-state index contributed by atoms with van der Waals surface area (Å²) in [6, 6.07) is 5.01. The van der Waals surface area contributed by atoms with E-state index in [1.807, 2.05) is 13.0 Å². The maximum absolute atomic E-state index is 11.2. The van der Waals surface area contributed by atoms with Crippen molar-refractivity contribution in [2.24, 2.45) is 0 Å². The maximum Gasteiger partial charge on any atom is 0.272 e. The Balaban J connectivity index is 2.48. The summed E-state index contributed by atoms with van der Waals surface area (Å²) < 4.78 is 0. The third-order valence-corrected chi connectivity index (χ3v) is 2.83. The Labute approximate surface area is 112 Å². The zero-order chi connectivity index (χ0) is 14.3. The number of carbonyl (C=O) groups is 1. The molecular formula is C13H19N3O3. The second kappa shape index (κ2) is 7.48. The van der Waals surface area contributed by atoms with Gasteiger partial charge in [0.05, 0.1) is 4.92 Å². The van der Waals surface area contributed by atoms with Crippen LogP contribution in [0.15, 0.2) is 18.2 Å². The molecule has 0 fully saturated rings. The highest BCUT2D eigenvalue weighted by molar-refractivity contribution is 5.75. The van der Waals surface area contributed by atoms with Crippen molar-refractivity contribution in [3.63, 3.8) is 0 Å². The van der Waals surface area contributed by atoms with E-state index in [4.69, 9.17) is 0 Å². The first kappa shape index (κ1) is 15.1. The van der Waals surface area contributed by atoms with E-state index in [2.05, 4.69) is 10.6 Å². The molecule has 1 aromatic rings. The summed E-state index contributed by atoms with van der Waals surface area (Å²) in [7, 11) is 0. The molecule has 0 aliphatic carbocycles. The average Bonchev–Trinajstić information content (AvgIpc) is 2.36. The first-order chi connectivity index (χ1) is 9.06. The number of nitrogens with zero attached hydrogens (tertiary/aromatic N) is 1. The molecule has 1 rings (SSSR count). The van der Waals surface area contributed by atoms with E-state index in [1.165, 1.54) is 6.07 Å². The smallest absolute Gasteiger partial charge is 0.272 e. The molecule has 0 aliphatic heterocycles. The molecule has 6 nitrogen and oxygen atoms in total. The number of nitro benzene ring substituents is 1. The van der Waals surface area contributed by atoms with Crippen LogP contribution in [0.2, 0.25) is 0 Å². The van der Waals surface area contributed by atoms with Crippen molar-refractivity contribution in [2.75, 3.05) is 13.1 Å². The zero-order valence-corrected chi connectivity index (χ0v) is 11.2. The van der Waals surface area contributed by atoms with Gasteiger partial charge in [-0.25, -0.2) is 0 Å². The van der Waals surface area contributed by atoms with Crippen molar-refractivity contribution < 1.29 is 9.72 Å². The molecule has 2 N–H and O–H groups in total. The molecule has 1 amide bonds. The molecule has 0 atom stereocenters. The van der Waals surface area contributed by atoms with E-state index < -0.39 is 0 Å². The standard InChI is InChI=1S/C13H19N3O3/c1-3-15-13(17)7-8-14-9-11-5-4-6-12(10(11)2)16(18)19/h4-6,14H,3,7-9H2,1-2H3,(H,15,17). The summed E-state index contributed by atoms with van der Waals surface area (Å²) in [6.07, 6.45) is 0.405. The summed E-state index contributed by atoms with van der Waals surface area (Å²) in [5, 5.41) is 16.6. The van der Waals surface area contributed by atoms with Gasteiger partial charge in [-0.2, -0.15) is 0 Å². The molecule has 0 aliphatic rings. The molecule has 19 heavy (non-hydrogen) atoms. The summed E-state index contributed by atoms with van der Waals surface area (Å²) in [4.78, 5) is 21.6. The SMILES string of the molecule is CCNC(=O)CCNCc1cccc([N+](=O)[O-])c1C. The van der Waals surface area contributed by atoms with Gasteiger partial charge in [0.2, 0.25) is 5.91 Å². The van der Waals surface area contributed by atoms with Crippen LogP contribution in [0.4, 0.5) is 5.69 Å². The summed E-state index contributed by atoms with van der Waals surface area (Å²) in [6.45, 7) is 5.31. The van der Waals surface area contributed by atoms with Gasteiger partial charge in [0.15, 0.2) is 0 Å². The largest absolute Gasteiger partial charge is 0.356 e. The van der Waals surface area contributed by atoms with Gasteiger partial charge in [-0.05, 0) is 19.4 Å². The predicted molar refractivity (Wildman–Crippen MR) is 72.8 cm³/mol. The van der Waals surface area contributed by atoms with Gasteiger partial charge in [0.25, 0.3) is 5.69 Å².